The molecule has 0 bridgehead atoms. The van der Waals surface area contributed by atoms with Gasteiger partial charge in [-0.15, -0.1) is 0 Å². The predicted molar refractivity (Wildman–Crippen MR) is 64.4 cm³/mol. The van der Waals surface area contributed by atoms with Crippen molar-refractivity contribution in [2.24, 2.45) is 0 Å². The van der Waals surface area contributed by atoms with E-state index in [1.807, 2.05) is 28.8 Å². The van der Waals surface area contributed by atoms with Crippen molar-refractivity contribution >= 4 is 16.9 Å². The first-order chi connectivity index (χ1) is 8.81. The summed E-state index contributed by atoms with van der Waals surface area (Å²) < 4.78 is 11.7. The maximum absolute atomic E-state index is 5.70. The highest BCUT2D eigenvalue weighted by atomic mass is 16.6. The molecule has 2 aromatic heterocycles. The van der Waals surface area contributed by atoms with Gasteiger partial charge in [0.2, 0.25) is 0 Å². The van der Waals surface area contributed by atoms with E-state index in [4.69, 9.17) is 10.5 Å². The number of nitrogens with two attached hydrogens (primary N) is 1. The Morgan fingerprint density at radius 1 is 1.33 bits per heavy atom. The van der Waals surface area contributed by atoms with Crippen LogP contribution in [0.3, 0.4) is 0 Å². The number of hydrogen-bond acceptors (Lipinski definition) is 6. The first-order valence-electron chi connectivity index (χ1n) is 5.34. The van der Waals surface area contributed by atoms with Gasteiger partial charge >= 0.3 is 0 Å². The van der Waals surface area contributed by atoms with Crippen molar-refractivity contribution in [2.45, 2.75) is 6.73 Å². The molecule has 0 unspecified atom stereocenters. The number of aromatic nitrogens is 4. The number of methoxy groups -OCH3 is 1. The van der Waals surface area contributed by atoms with Gasteiger partial charge in [0.1, 0.15) is 6.73 Å². The third-order valence-corrected chi connectivity index (χ3v) is 2.64. The molecule has 7 heteroatoms. The van der Waals surface area contributed by atoms with Crippen molar-refractivity contribution in [3.63, 3.8) is 0 Å². The second-order valence-electron chi connectivity index (χ2n) is 3.77. The van der Waals surface area contributed by atoms with Crippen LogP contribution in [0.15, 0.2) is 28.9 Å². The highest BCUT2D eigenvalue weighted by Gasteiger charge is 2.18. The number of imidazole rings is 1. The Kier molecular flexibility index (Phi) is 2.45. The van der Waals surface area contributed by atoms with E-state index in [-0.39, 0.29) is 5.82 Å². The van der Waals surface area contributed by atoms with E-state index in [9.17, 15) is 0 Å². The zero-order valence-corrected chi connectivity index (χ0v) is 9.70. The molecule has 1 aromatic carbocycles. The molecule has 18 heavy (non-hydrogen) atoms. The Balaban J connectivity index is 2.28. The molecule has 0 saturated heterocycles. The normalized spacial score (nSPS) is 11.2. The Morgan fingerprint density at radius 3 is 2.89 bits per heavy atom. The minimum Gasteiger partial charge on any atom is -0.379 e. The van der Waals surface area contributed by atoms with Crippen molar-refractivity contribution in [2.75, 3.05) is 12.8 Å². The summed E-state index contributed by atoms with van der Waals surface area (Å²) in [6.45, 7) is 0.349. The number of ether oxygens (including phenoxy) is 1. The van der Waals surface area contributed by atoms with Crippen LogP contribution in [-0.2, 0) is 11.5 Å². The molecule has 3 aromatic rings. The third-order valence-electron chi connectivity index (χ3n) is 2.64. The van der Waals surface area contributed by atoms with Crippen molar-refractivity contribution in [3.8, 4) is 11.5 Å². The maximum atomic E-state index is 5.70. The van der Waals surface area contributed by atoms with Crippen LogP contribution in [0.4, 0.5) is 5.82 Å². The Labute approximate surface area is 102 Å². The first-order valence-corrected chi connectivity index (χ1v) is 5.34. The molecule has 3 rings (SSSR count). The van der Waals surface area contributed by atoms with Crippen molar-refractivity contribution in [1.29, 1.82) is 0 Å². The molecular weight excluding hydrogens is 234 g/mol. The van der Waals surface area contributed by atoms with E-state index < -0.39 is 0 Å². The van der Waals surface area contributed by atoms with E-state index >= 15 is 0 Å². The summed E-state index contributed by atoms with van der Waals surface area (Å²) in [5.74, 6) is 0.791. The van der Waals surface area contributed by atoms with E-state index in [1.165, 1.54) is 0 Å². The summed E-state index contributed by atoms with van der Waals surface area (Å²) in [4.78, 5) is 4.48. The van der Waals surface area contributed by atoms with Crippen LogP contribution in [-0.4, -0.2) is 27.0 Å². The topological polar surface area (TPSA) is 92.0 Å². The van der Waals surface area contributed by atoms with Gasteiger partial charge in [0.25, 0.3) is 0 Å². The van der Waals surface area contributed by atoms with Crippen LogP contribution in [0.2, 0.25) is 0 Å². The monoisotopic (exact) mass is 245 g/mol. The molecule has 0 saturated carbocycles. The summed E-state index contributed by atoms with van der Waals surface area (Å²) in [6.07, 6.45) is 0. The van der Waals surface area contributed by atoms with Gasteiger partial charge in [-0.25, -0.2) is 9.61 Å². The number of benzene rings is 1. The quantitative estimate of drug-likeness (QED) is 0.747. The van der Waals surface area contributed by atoms with Gasteiger partial charge in [0, 0.05) is 7.11 Å². The van der Waals surface area contributed by atoms with Crippen LogP contribution in [0.25, 0.3) is 22.6 Å². The summed E-state index contributed by atoms with van der Waals surface area (Å²) >= 11 is 0. The molecule has 0 aliphatic heterocycles. The van der Waals surface area contributed by atoms with Gasteiger partial charge in [0.15, 0.2) is 17.3 Å². The van der Waals surface area contributed by atoms with Gasteiger partial charge in [-0.05, 0) is 22.4 Å². The fourth-order valence-corrected chi connectivity index (χ4v) is 1.87. The van der Waals surface area contributed by atoms with Crippen molar-refractivity contribution in [3.05, 3.63) is 24.3 Å². The van der Waals surface area contributed by atoms with Crippen LogP contribution >= 0.6 is 0 Å². The number of nitrogens with zero attached hydrogens (tertiary/aromatic N) is 4. The van der Waals surface area contributed by atoms with Crippen LogP contribution in [0, 0.1) is 0 Å². The van der Waals surface area contributed by atoms with Crippen LogP contribution in [0.5, 0.6) is 0 Å². The molecule has 0 aliphatic carbocycles. The number of fused-ring (bicyclic) bond motifs is 1. The molecule has 92 valence electrons. The highest BCUT2D eigenvalue weighted by Crippen LogP contribution is 2.26. The van der Waals surface area contributed by atoms with Crippen molar-refractivity contribution in [1.82, 2.24) is 19.9 Å². The first kappa shape index (κ1) is 10.7. The molecule has 0 aliphatic rings. The Morgan fingerprint density at radius 2 is 2.17 bits per heavy atom. The maximum Gasteiger partial charge on any atom is 0.199 e. The average Bonchev–Trinajstić information content (AvgIpc) is 2.94. The molecular formula is C11H11N5O2. The Bertz CT molecular complexity index is 688. The molecule has 0 spiro atoms. The van der Waals surface area contributed by atoms with Crippen LogP contribution in [0.1, 0.15) is 0 Å². The lowest BCUT2D eigenvalue weighted by Gasteiger charge is -2.05. The lowest BCUT2D eigenvalue weighted by Crippen LogP contribution is -2.03. The van der Waals surface area contributed by atoms with E-state index in [0.29, 0.717) is 18.2 Å². The average molecular weight is 245 g/mol. The third kappa shape index (κ3) is 1.52. The molecule has 0 fully saturated rings. The predicted octanol–water partition coefficient (Wildman–Crippen LogP) is 1.27. The zero-order chi connectivity index (χ0) is 12.5. The number of hydrogen-bond donors (Lipinski definition) is 1. The van der Waals surface area contributed by atoms with E-state index in [0.717, 1.165) is 11.0 Å². The van der Waals surface area contributed by atoms with Gasteiger partial charge in [-0.1, -0.05) is 12.1 Å². The number of para-hydroxylation sites is 2. The van der Waals surface area contributed by atoms with Gasteiger partial charge in [-0.2, -0.15) is 0 Å². The van der Waals surface area contributed by atoms with Gasteiger partial charge < -0.3 is 10.5 Å². The SMILES string of the molecule is COCn1c(-c2nonc2N)nc2ccccc21. The fourth-order valence-electron chi connectivity index (χ4n) is 1.87. The molecule has 2 N–H and O–H groups in total. The molecule has 2 heterocycles. The van der Waals surface area contributed by atoms with Crippen molar-refractivity contribution < 1.29 is 9.37 Å². The standard InChI is InChI=1S/C11H11N5O2/c1-17-6-16-8-5-3-2-4-7(8)13-11(16)9-10(12)15-18-14-9/h2-5H,6H2,1H3,(H2,12,15). The number of nitrogen functional groups attached to an aromatic ring is 1. The Hall–Kier alpha value is -2.41. The van der Waals surface area contributed by atoms with Gasteiger partial charge in [0.05, 0.1) is 11.0 Å². The second kappa shape index (κ2) is 4.11. The van der Waals surface area contributed by atoms with E-state index in [2.05, 4.69) is 19.9 Å². The minimum absolute atomic E-state index is 0.211. The summed E-state index contributed by atoms with van der Waals surface area (Å²) in [5, 5.41) is 7.34. The highest BCUT2D eigenvalue weighted by molar-refractivity contribution is 5.81. The van der Waals surface area contributed by atoms with E-state index in [1.54, 1.807) is 7.11 Å². The lowest BCUT2D eigenvalue weighted by molar-refractivity contribution is 0.135. The molecule has 0 atom stereocenters. The summed E-state index contributed by atoms with van der Waals surface area (Å²) in [7, 11) is 1.61. The fraction of sp³-hybridized carbons (Fsp3) is 0.182. The largest absolute Gasteiger partial charge is 0.379 e. The van der Waals surface area contributed by atoms with Gasteiger partial charge in [-0.3, -0.25) is 4.57 Å². The summed E-state index contributed by atoms with van der Waals surface area (Å²) in [5.41, 5.74) is 7.90. The molecule has 0 radical (unpaired) electrons. The summed E-state index contributed by atoms with van der Waals surface area (Å²) in [6, 6.07) is 7.72. The molecule has 0 amide bonds. The number of anilines is 1. The second-order valence-corrected chi connectivity index (χ2v) is 3.77. The smallest absolute Gasteiger partial charge is 0.199 e. The molecule has 7 nitrogen and oxygen atoms in total. The minimum atomic E-state index is 0.211. The number of rotatable bonds is 3. The lowest BCUT2D eigenvalue weighted by atomic mass is 10.3. The zero-order valence-electron chi connectivity index (χ0n) is 9.70. The van der Waals surface area contributed by atoms with Crippen LogP contribution < -0.4 is 5.73 Å².